The molecule has 0 spiro atoms. The molecule has 2 rings (SSSR count). The molecule has 0 aliphatic rings. The van der Waals surface area contributed by atoms with Crippen LogP contribution < -0.4 is 9.47 Å². The monoisotopic (exact) mass is 262 g/mol. The van der Waals surface area contributed by atoms with Gasteiger partial charge >= 0.3 is 5.97 Å². The summed E-state index contributed by atoms with van der Waals surface area (Å²) in [6.45, 7) is 1.98. The van der Waals surface area contributed by atoms with Crippen LogP contribution in [0.4, 0.5) is 0 Å². The molecule has 0 saturated carbocycles. The van der Waals surface area contributed by atoms with E-state index in [0.29, 0.717) is 16.8 Å². The van der Waals surface area contributed by atoms with Crippen LogP contribution in [0.2, 0.25) is 0 Å². The van der Waals surface area contributed by atoms with Crippen LogP contribution in [0.25, 0.3) is 10.9 Å². The van der Waals surface area contributed by atoms with Crippen molar-refractivity contribution in [2.24, 2.45) is 0 Å². The molecular weight excluding hydrogens is 248 g/mol. The van der Waals surface area contributed by atoms with Crippen molar-refractivity contribution in [2.75, 3.05) is 20.8 Å². The molecule has 0 aliphatic carbocycles. The highest BCUT2D eigenvalue weighted by molar-refractivity contribution is 5.99. The average molecular weight is 262 g/mol. The molecule has 0 saturated heterocycles. The highest BCUT2D eigenvalue weighted by Gasteiger charge is 2.22. The van der Waals surface area contributed by atoms with E-state index in [-0.39, 0.29) is 18.1 Å². The van der Waals surface area contributed by atoms with Gasteiger partial charge in [0.05, 0.1) is 26.2 Å². The van der Waals surface area contributed by atoms with Crippen LogP contribution in [0.1, 0.15) is 17.4 Å². The summed E-state index contributed by atoms with van der Waals surface area (Å²) >= 11 is 0. The van der Waals surface area contributed by atoms with Crippen LogP contribution in [0.5, 0.6) is 11.6 Å². The first-order valence-electron chi connectivity index (χ1n) is 5.76. The van der Waals surface area contributed by atoms with E-state index in [1.165, 1.54) is 14.2 Å². The second-order valence-electron chi connectivity index (χ2n) is 3.62. The van der Waals surface area contributed by atoms with Gasteiger partial charge in [0.1, 0.15) is 5.52 Å². The fourth-order valence-corrected chi connectivity index (χ4v) is 1.77. The Hall–Kier alpha value is -2.37. The maximum atomic E-state index is 11.9. The first-order valence-corrected chi connectivity index (χ1v) is 5.76. The van der Waals surface area contributed by atoms with Gasteiger partial charge in [0.15, 0.2) is 11.4 Å². The first kappa shape index (κ1) is 13.1. The number of hydrogen-bond acceptors (Lipinski definition) is 6. The average Bonchev–Trinajstić information content (AvgIpc) is 2.45. The second-order valence-corrected chi connectivity index (χ2v) is 3.62. The summed E-state index contributed by atoms with van der Waals surface area (Å²) in [7, 11) is 2.94. The Balaban J connectivity index is 2.73. The van der Waals surface area contributed by atoms with Crippen molar-refractivity contribution >= 4 is 16.9 Å². The third-order valence-electron chi connectivity index (χ3n) is 2.55. The molecule has 100 valence electrons. The van der Waals surface area contributed by atoms with Gasteiger partial charge in [-0.05, 0) is 19.1 Å². The predicted octanol–water partition coefficient (Wildman–Crippen LogP) is 1.82. The Kier molecular flexibility index (Phi) is 3.79. The summed E-state index contributed by atoms with van der Waals surface area (Å²) in [6.07, 6.45) is 1.61. The fraction of sp³-hybridized carbons (Fsp3) is 0.308. The van der Waals surface area contributed by atoms with Gasteiger partial charge in [0.2, 0.25) is 5.88 Å². The number of aromatic nitrogens is 2. The summed E-state index contributed by atoms with van der Waals surface area (Å²) in [4.78, 5) is 20.2. The molecule has 0 fully saturated rings. The zero-order valence-corrected chi connectivity index (χ0v) is 11.0. The maximum Gasteiger partial charge on any atom is 0.361 e. The Labute approximate surface area is 110 Å². The number of carbonyl (C=O) groups is 1. The largest absolute Gasteiger partial charge is 0.492 e. The zero-order valence-electron chi connectivity index (χ0n) is 11.0. The van der Waals surface area contributed by atoms with Gasteiger partial charge in [0, 0.05) is 6.20 Å². The van der Waals surface area contributed by atoms with Gasteiger partial charge in [-0.15, -0.1) is 0 Å². The Bertz CT molecular complexity index is 613. The van der Waals surface area contributed by atoms with Crippen molar-refractivity contribution in [1.29, 1.82) is 0 Å². The first-order chi connectivity index (χ1) is 9.22. The molecule has 0 aromatic carbocycles. The molecule has 0 radical (unpaired) electrons. The zero-order chi connectivity index (χ0) is 13.8. The van der Waals surface area contributed by atoms with Gasteiger partial charge in [-0.1, -0.05) is 0 Å². The van der Waals surface area contributed by atoms with Crippen LogP contribution in [-0.4, -0.2) is 36.8 Å². The highest BCUT2D eigenvalue weighted by Crippen LogP contribution is 2.32. The number of esters is 1. The van der Waals surface area contributed by atoms with Gasteiger partial charge in [-0.25, -0.2) is 9.78 Å². The minimum Gasteiger partial charge on any atom is -0.492 e. The smallest absolute Gasteiger partial charge is 0.361 e. The van der Waals surface area contributed by atoms with E-state index >= 15 is 0 Å². The third-order valence-corrected chi connectivity index (χ3v) is 2.55. The molecule has 2 aromatic rings. The van der Waals surface area contributed by atoms with Gasteiger partial charge < -0.3 is 14.2 Å². The molecule has 6 nitrogen and oxygen atoms in total. The van der Waals surface area contributed by atoms with Crippen LogP contribution in [0.15, 0.2) is 18.3 Å². The molecule has 0 unspecified atom stereocenters. The van der Waals surface area contributed by atoms with Gasteiger partial charge in [0.25, 0.3) is 0 Å². The third kappa shape index (κ3) is 2.29. The van der Waals surface area contributed by atoms with Crippen molar-refractivity contribution in [3.63, 3.8) is 0 Å². The standard InChI is InChI=1S/C13H14N2O4/c1-4-19-13(16)10-11(17-2)9-8(6-5-7-14-9)12(15-10)18-3/h5-7H,4H2,1-3H3. The number of rotatable bonds is 4. The molecule has 0 bridgehead atoms. The lowest BCUT2D eigenvalue weighted by atomic mass is 10.2. The van der Waals surface area contributed by atoms with E-state index < -0.39 is 5.97 Å². The number of hydrogen-bond donors (Lipinski definition) is 0. The molecule has 19 heavy (non-hydrogen) atoms. The number of carbonyl (C=O) groups excluding carboxylic acids is 1. The molecule has 2 heterocycles. The van der Waals surface area contributed by atoms with Crippen LogP contribution in [0.3, 0.4) is 0 Å². The van der Waals surface area contributed by atoms with Crippen LogP contribution >= 0.6 is 0 Å². The van der Waals surface area contributed by atoms with Crippen molar-refractivity contribution in [3.8, 4) is 11.6 Å². The van der Waals surface area contributed by atoms with E-state index in [0.717, 1.165) is 0 Å². The molecule has 0 aliphatic heterocycles. The number of nitrogens with zero attached hydrogens (tertiary/aromatic N) is 2. The Morgan fingerprint density at radius 3 is 2.74 bits per heavy atom. The van der Waals surface area contributed by atoms with Crippen LogP contribution in [-0.2, 0) is 4.74 Å². The SMILES string of the molecule is CCOC(=O)c1nc(OC)c2cccnc2c1OC. The lowest BCUT2D eigenvalue weighted by Crippen LogP contribution is -2.11. The van der Waals surface area contributed by atoms with E-state index in [2.05, 4.69) is 9.97 Å². The quantitative estimate of drug-likeness (QED) is 0.783. The highest BCUT2D eigenvalue weighted by atomic mass is 16.5. The Morgan fingerprint density at radius 1 is 1.32 bits per heavy atom. The van der Waals surface area contributed by atoms with E-state index in [1.807, 2.05) is 0 Å². The summed E-state index contributed by atoms with van der Waals surface area (Å²) in [5, 5.41) is 0.676. The number of methoxy groups -OCH3 is 2. The molecule has 0 atom stereocenters. The lowest BCUT2D eigenvalue weighted by Gasteiger charge is -2.12. The van der Waals surface area contributed by atoms with E-state index in [1.54, 1.807) is 25.3 Å². The van der Waals surface area contributed by atoms with Crippen molar-refractivity contribution < 1.29 is 19.0 Å². The predicted molar refractivity (Wildman–Crippen MR) is 68.6 cm³/mol. The van der Waals surface area contributed by atoms with Crippen LogP contribution in [0, 0.1) is 0 Å². The lowest BCUT2D eigenvalue weighted by molar-refractivity contribution is 0.0515. The normalized spacial score (nSPS) is 10.3. The van der Waals surface area contributed by atoms with E-state index in [9.17, 15) is 4.79 Å². The summed E-state index contributed by atoms with van der Waals surface area (Å²) in [5.41, 5.74) is 0.576. The van der Waals surface area contributed by atoms with E-state index in [4.69, 9.17) is 14.2 Å². The van der Waals surface area contributed by atoms with Gasteiger partial charge in [-0.3, -0.25) is 4.98 Å². The maximum absolute atomic E-state index is 11.9. The molecule has 6 heteroatoms. The minimum atomic E-state index is -0.565. The summed E-state index contributed by atoms with van der Waals surface area (Å²) in [6, 6.07) is 3.56. The van der Waals surface area contributed by atoms with Crippen molar-refractivity contribution in [1.82, 2.24) is 9.97 Å². The second kappa shape index (κ2) is 5.51. The molecule has 0 N–H and O–H groups in total. The topological polar surface area (TPSA) is 70.5 Å². The van der Waals surface area contributed by atoms with Crippen molar-refractivity contribution in [3.05, 3.63) is 24.0 Å². The molecule has 0 amide bonds. The van der Waals surface area contributed by atoms with Crippen molar-refractivity contribution in [2.45, 2.75) is 6.92 Å². The summed E-state index contributed by atoms with van der Waals surface area (Å²) < 4.78 is 15.4. The number of pyridine rings is 2. The molecule has 2 aromatic heterocycles. The Morgan fingerprint density at radius 2 is 2.11 bits per heavy atom. The number of fused-ring (bicyclic) bond motifs is 1. The fourth-order valence-electron chi connectivity index (χ4n) is 1.77. The minimum absolute atomic E-state index is 0.0624. The molecular formula is C13H14N2O4. The summed E-state index contributed by atoms with van der Waals surface area (Å²) in [5.74, 6) is 0.0343. The number of ether oxygens (including phenoxy) is 3. The van der Waals surface area contributed by atoms with Gasteiger partial charge in [-0.2, -0.15) is 0 Å².